The molecule has 3 N–H and O–H groups in total. The van der Waals surface area contributed by atoms with Gasteiger partial charge in [-0.05, 0) is 37.1 Å². The minimum atomic E-state index is 0.302. The molecule has 0 spiro atoms. The smallest absolute Gasteiger partial charge is 0.0514 e. The fraction of sp³-hybridized carbons (Fsp3) is 0.538. The molecule has 94 valence electrons. The minimum absolute atomic E-state index is 0.302. The second-order valence-electron chi connectivity index (χ2n) is 4.47. The van der Waals surface area contributed by atoms with Crippen LogP contribution in [-0.2, 0) is 4.74 Å². The predicted molar refractivity (Wildman–Crippen MR) is 74.2 cm³/mol. The Hall–Kier alpha value is -0.580. The van der Waals surface area contributed by atoms with Gasteiger partial charge in [0, 0.05) is 35.3 Å². The molecule has 0 amide bonds. The Morgan fingerprint density at radius 1 is 1.41 bits per heavy atom. The Morgan fingerprint density at radius 3 is 2.76 bits per heavy atom. The maximum atomic E-state index is 5.85. The van der Waals surface area contributed by atoms with Crippen LogP contribution in [0.1, 0.15) is 12.8 Å². The second-order valence-corrected chi connectivity index (χ2v) is 5.39. The summed E-state index contributed by atoms with van der Waals surface area (Å²) < 4.78 is 6.61. The molecule has 17 heavy (non-hydrogen) atoms. The molecule has 0 saturated carbocycles. The molecular formula is C13H19BrN2O. The third kappa shape index (κ3) is 3.69. The number of hydrogen-bond donors (Lipinski definition) is 2. The van der Waals surface area contributed by atoms with Gasteiger partial charge in [0.2, 0.25) is 0 Å². The van der Waals surface area contributed by atoms with E-state index in [4.69, 9.17) is 10.5 Å². The number of benzene rings is 1. The Bertz CT molecular complexity index is 336. The highest BCUT2D eigenvalue weighted by Crippen LogP contribution is 2.21. The van der Waals surface area contributed by atoms with Crippen molar-refractivity contribution in [3.8, 4) is 0 Å². The van der Waals surface area contributed by atoms with E-state index in [0.717, 1.165) is 29.8 Å². The Labute approximate surface area is 111 Å². The highest BCUT2D eigenvalue weighted by Gasteiger charge is 2.22. The van der Waals surface area contributed by atoms with Crippen LogP contribution >= 0.6 is 15.9 Å². The molecule has 0 aliphatic carbocycles. The fourth-order valence-corrected chi connectivity index (χ4v) is 2.48. The average molecular weight is 299 g/mol. The van der Waals surface area contributed by atoms with Crippen LogP contribution in [0.5, 0.6) is 0 Å². The molecule has 0 radical (unpaired) electrons. The first kappa shape index (κ1) is 12.9. The van der Waals surface area contributed by atoms with Crippen molar-refractivity contribution < 1.29 is 4.74 Å². The number of ether oxygens (including phenoxy) is 1. The van der Waals surface area contributed by atoms with Gasteiger partial charge in [0.05, 0.1) is 6.61 Å². The monoisotopic (exact) mass is 298 g/mol. The Kier molecular flexibility index (Phi) is 4.83. The molecular weight excluding hydrogens is 280 g/mol. The number of nitrogens with one attached hydrogen (secondary N) is 1. The van der Waals surface area contributed by atoms with Crippen LogP contribution in [0.25, 0.3) is 0 Å². The van der Waals surface area contributed by atoms with Crippen LogP contribution in [0.2, 0.25) is 0 Å². The zero-order valence-corrected chi connectivity index (χ0v) is 11.4. The third-order valence-electron chi connectivity index (χ3n) is 3.21. The average Bonchev–Trinajstić information content (AvgIpc) is 2.39. The van der Waals surface area contributed by atoms with Gasteiger partial charge in [-0.1, -0.05) is 15.9 Å². The zero-order chi connectivity index (χ0) is 12.1. The van der Waals surface area contributed by atoms with Crippen molar-refractivity contribution in [3.63, 3.8) is 0 Å². The van der Waals surface area contributed by atoms with E-state index in [2.05, 4.69) is 33.4 Å². The van der Waals surface area contributed by atoms with Crippen molar-refractivity contribution in [3.05, 3.63) is 28.7 Å². The quantitative estimate of drug-likeness (QED) is 0.898. The van der Waals surface area contributed by atoms with Crippen LogP contribution in [0.3, 0.4) is 0 Å². The molecule has 0 aromatic heterocycles. The fourth-order valence-electron chi connectivity index (χ4n) is 2.21. The molecule has 2 unspecified atom stereocenters. The summed E-state index contributed by atoms with van der Waals surface area (Å²) in [6, 6.07) is 8.50. The molecule has 1 aliphatic rings. The first-order valence-corrected chi connectivity index (χ1v) is 6.89. The van der Waals surface area contributed by atoms with Gasteiger partial charge in [-0.2, -0.15) is 0 Å². The van der Waals surface area contributed by atoms with Gasteiger partial charge < -0.3 is 15.8 Å². The standard InChI is InChI=1S/C13H19BrN2O/c14-11-3-5-12(6-4-11)16-13(8-15)10-2-1-7-17-9-10/h3-6,10,13,16H,1-2,7-9,15H2. The van der Waals surface area contributed by atoms with Gasteiger partial charge in [-0.3, -0.25) is 0 Å². The molecule has 1 fully saturated rings. The maximum absolute atomic E-state index is 5.85. The largest absolute Gasteiger partial charge is 0.381 e. The molecule has 1 saturated heterocycles. The van der Waals surface area contributed by atoms with Crippen molar-refractivity contribution in [1.82, 2.24) is 0 Å². The van der Waals surface area contributed by atoms with Gasteiger partial charge in [0.25, 0.3) is 0 Å². The van der Waals surface area contributed by atoms with Crippen molar-refractivity contribution in [1.29, 1.82) is 0 Å². The molecule has 3 nitrogen and oxygen atoms in total. The molecule has 1 heterocycles. The molecule has 1 aromatic carbocycles. The molecule has 4 heteroatoms. The van der Waals surface area contributed by atoms with Crippen LogP contribution in [-0.4, -0.2) is 25.8 Å². The van der Waals surface area contributed by atoms with Crippen molar-refractivity contribution >= 4 is 21.6 Å². The lowest BCUT2D eigenvalue weighted by atomic mass is 9.93. The van der Waals surface area contributed by atoms with Gasteiger partial charge in [-0.25, -0.2) is 0 Å². The van der Waals surface area contributed by atoms with Gasteiger partial charge in [-0.15, -0.1) is 0 Å². The van der Waals surface area contributed by atoms with E-state index in [-0.39, 0.29) is 0 Å². The number of halogens is 1. The number of anilines is 1. The SMILES string of the molecule is NCC(Nc1ccc(Br)cc1)C1CCCOC1. The Balaban J connectivity index is 1.96. The molecule has 2 atom stereocenters. The van der Waals surface area contributed by atoms with E-state index < -0.39 is 0 Å². The molecule has 0 bridgehead atoms. The third-order valence-corrected chi connectivity index (χ3v) is 3.74. The van der Waals surface area contributed by atoms with Gasteiger partial charge in [0.1, 0.15) is 0 Å². The highest BCUT2D eigenvalue weighted by molar-refractivity contribution is 9.10. The van der Waals surface area contributed by atoms with Gasteiger partial charge in [0.15, 0.2) is 0 Å². The summed E-state index contributed by atoms with van der Waals surface area (Å²) in [6.45, 7) is 2.36. The summed E-state index contributed by atoms with van der Waals surface area (Å²) in [5, 5.41) is 3.50. The summed E-state index contributed by atoms with van der Waals surface area (Å²) in [4.78, 5) is 0. The maximum Gasteiger partial charge on any atom is 0.0514 e. The van der Waals surface area contributed by atoms with E-state index in [1.54, 1.807) is 0 Å². The summed E-state index contributed by atoms with van der Waals surface area (Å²) in [5.41, 5.74) is 6.97. The summed E-state index contributed by atoms with van der Waals surface area (Å²) in [6.07, 6.45) is 2.34. The van der Waals surface area contributed by atoms with Crippen LogP contribution < -0.4 is 11.1 Å². The van der Waals surface area contributed by atoms with E-state index in [9.17, 15) is 0 Å². The van der Waals surface area contributed by atoms with Crippen LogP contribution in [0, 0.1) is 5.92 Å². The van der Waals surface area contributed by atoms with Crippen LogP contribution in [0.15, 0.2) is 28.7 Å². The van der Waals surface area contributed by atoms with E-state index in [0.29, 0.717) is 18.5 Å². The predicted octanol–water partition coefficient (Wildman–Crippen LogP) is 2.61. The van der Waals surface area contributed by atoms with E-state index in [1.165, 1.54) is 6.42 Å². The normalized spacial score (nSPS) is 22.1. The number of rotatable bonds is 4. The topological polar surface area (TPSA) is 47.3 Å². The van der Waals surface area contributed by atoms with Gasteiger partial charge >= 0.3 is 0 Å². The molecule has 1 aromatic rings. The lowest BCUT2D eigenvalue weighted by molar-refractivity contribution is 0.0485. The Morgan fingerprint density at radius 2 is 2.18 bits per heavy atom. The van der Waals surface area contributed by atoms with Crippen molar-refractivity contribution in [2.24, 2.45) is 11.7 Å². The lowest BCUT2D eigenvalue weighted by Gasteiger charge is -2.30. The zero-order valence-electron chi connectivity index (χ0n) is 9.86. The first-order chi connectivity index (χ1) is 8.29. The van der Waals surface area contributed by atoms with Crippen molar-refractivity contribution in [2.45, 2.75) is 18.9 Å². The minimum Gasteiger partial charge on any atom is -0.381 e. The summed E-state index contributed by atoms with van der Waals surface area (Å²) in [5.74, 6) is 0.525. The van der Waals surface area contributed by atoms with Crippen LogP contribution in [0.4, 0.5) is 5.69 Å². The number of hydrogen-bond acceptors (Lipinski definition) is 3. The lowest BCUT2D eigenvalue weighted by Crippen LogP contribution is -2.40. The second kappa shape index (κ2) is 6.38. The number of nitrogens with two attached hydrogens (primary N) is 1. The molecule has 1 aliphatic heterocycles. The first-order valence-electron chi connectivity index (χ1n) is 6.09. The molecule has 2 rings (SSSR count). The highest BCUT2D eigenvalue weighted by atomic mass is 79.9. The summed E-state index contributed by atoms with van der Waals surface area (Å²) in [7, 11) is 0. The summed E-state index contributed by atoms with van der Waals surface area (Å²) >= 11 is 3.43. The van der Waals surface area contributed by atoms with E-state index >= 15 is 0 Å². The van der Waals surface area contributed by atoms with Crippen molar-refractivity contribution in [2.75, 3.05) is 25.1 Å². The van der Waals surface area contributed by atoms with E-state index in [1.807, 2.05) is 12.1 Å².